The van der Waals surface area contributed by atoms with Crippen molar-refractivity contribution >= 4 is 35.2 Å². The van der Waals surface area contributed by atoms with Crippen LogP contribution in [-0.4, -0.2) is 40.0 Å². The van der Waals surface area contributed by atoms with Gasteiger partial charge in [0.1, 0.15) is 6.04 Å². The molecule has 1 spiro atoms. The fourth-order valence-electron chi connectivity index (χ4n) is 4.35. The molecule has 7 heteroatoms. The topological polar surface area (TPSA) is 69.7 Å². The lowest BCUT2D eigenvalue weighted by Crippen LogP contribution is -2.58. The Balaban J connectivity index is 1.77. The highest BCUT2D eigenvalue weighted by atomic mass is 32.2. The van der Waals surface area contributed by atoms with Gasteiger partial charge in [-0.1, -0.05) is 48.5 Å². The van der Waals surface area contributed by atoms with Crippen LogP contribution < -0.4 is 10.2 Å². The van der Waals surface area contributed by atoms with Crippen LogP contribution in [-0.2, 0) is 25.8 Å². The van der Waals surface area contributed by atoms with Crippen LogP contribution in [0.1, 0.15) is 38.8 Å². The minimum Gasteiger partial charge on any atom is -0.350 e. The SMILES string of the molecule is CC(=O)N1[C@H](C(=O)NC(C)(C)C)CS[C@@]12C(=O)N(Cc1ccccc1)c1ccccc12. The first kappa shape index (κ1) is 21.4. The van der Waals surface area contributed by atoms with Gasteiger partial charge in [0.25, 0.3) is 5.91 Å². The lowest BCUT2D eigenvalue weighted by Gasteiger charge is -2.36. The second kappa shape index (κ2) is 7.71. The molecule has 1 fully saturated rings. The number of para-hydroxylation sites is 1. The van der Waals surface area contributed by atoms with E-state index in [0.29, 0.717) is 12.3 Å². The maximum absolute atomic E-state index is 13.9. The smallest absolute Gasteiger partial charge is 0.268 e. The van der Waals surface area contributed by atoms with Gasteiger partial charge >= 0.3 is 0 Å². The van der Waals surface area contributed by atoms with Crippen molar-refractivity contribution in [3.63, 3.8) is 0 Å². The molecule has 2 aliphatic heterocycles. The zero-order chi connectivity index (χ0) is 22.4. The van der Waals surface area contributed by atoms with E-state index in [-0.39, 0.29) is 17.7 Å². The van der Waals surface area contributed by atoms with Gasteiger partial charge in [0.15, 0.2) is 4.87 Å². The number of amides is 3. The third kappa shape index (κ3) is 3.61. The maximum atomic E-state index is 13.9. The van der Waals surface area contributed by atoms with E-state index >= 15 is 0 Å². The van der Waals surface area contributed by atoms with Crippen LogP contribution in [0.5, 0.6) is 0 Å². The first-order valence-electron chi connectivity index (χ1n) is 10.4. The lowest BCUT2D eigenvalue weighted by atomic mass is 10.0. The number of nitrogens with zero attached hydrogens (tertiary/aromatic N) is 2. The van der Waals surface area contributed by atoms with Crippen molar-refractivity contribution in [2.24, 2.45) is 0 Å². The van der Waals surface area contributed by atoms with E-state index in [9.17, 15) is 14.4 Å². The summed E-state index contributed by atoms with van der Waals surface area (Å²) in [4.78, 5) is 41.9. The number of nitrogens with one attached hydrogen (secondary N) is 1. The molecule has 162 valence electrons. The standard InChI is InChI=1S/C24H27N3O3S/c1-16(28)27-20(21(29)25-23(2,3)4)15-31-24(27)18-12-8-9-13-19(18)26(22(24)30)14-17-10-6-5-7-11-17/h5-13,20H,14-15H2,1-4H3,(H,25,29)/t20-,24-/m0/s1. The number of rotatable bonds is 3. The van der Waals surface area contributed by atoms with Gasteiger partial charge in [-0.3, -0.25) is 14.4 Å². The summed E-state index contributed by atoms with van der Waals surface area (Å²) >= 11 is 1.37. The average Bonchev–Trinajstić information content (AvgIpc) is 3.22. The Morgan fingerprint density at radius 2 is 1.74 bits per heavy atom. The van der Waals surface area contributed by atoms with E-state index in [1.165, 1.54) is 23.6 Å². The van der Waals surface area contributed by atoms with Gasteiger partial charge in [-0.05, 0) is 32.4 Å². The van der Waals surface area contributed by atoms with Gasteiger partial charge < -0.3 is 15.1 Å². The molecule has 2 atom stereocenters. The van der Waals surface area contributed by atoms with Crippen LogP contribution in [0.2, 0.25) is 0 Å². The van der Waals surface area contributed by atoms with Gasteiger partial charge in [0, 0.05) is 23.8 Å². The zero-order valence-electron chi connectivity index (χ0n) is 18.2. The van der Waals surface area contributed by atoms with Crippen molar-refractivity contribution in [1.29, 1.82) is 0 Å². The molecular formula is C24H27N3O3S. The summed E-state index contributed by atoms with van der Waals surface area (Å²) in [6.07, 6.45) is 0. The summed E-state index contributed by atoms with van der Waals surface area (Å²) in [6, 6.07) is 16.6. The van der Waals surface area contributed by atoms with Crippen molar-refractivity contribution in [3.05, 3.63) is 65.7 Å². The highest BCUT2D eigenvalue weighted by Crippen LogP contribution is 2.56. The Labute approximate surface area is 187 Å². The average molecular weight is 438 g/mol. The highest BCUT2D eigenvalue weighted by molar-refractivity contribution is 8.01. The Morgan fingerprint density at radius 3 is 2.39 bits per heavy atom. The fourth-order valence-corrected chi connectivity index (χ4v) is 6.00. The molecule has 0 aliphatic carbocycles. The largest absolute Gasteiger partial charge is 0.350 e. The minimum atomic E-state index is -1.23. The molecule has 0 radical (unpaired) electrons. The Morgan fingerprint density at radius 1 is 1.10 bits per heavy atom. The number of anilines is 1. The van der Waals surface area contributed by atoms with Gasteiger partial charge in [0.2, 0.25) is 11.8 Å². The van der Waals surface area contributed by atoms with Gasteiger partial charge in [-0.15, -0.1) is 11.8 Å². The molecule has 0 bridgehead atoms. The fraction of sp³-hybridized carbons (Fsp3) is 0.375. The molecule has 2 aromatic carbocycles. The number of benzene rings is 2. The van der Waals surface area contributed by atoms with Gasteiger partial charge in [0.05, 0.1) is 12.2 Å². The number of hydrogen-bond acceptors (Lipinski definition) is 4. The third-order valence-electron chi connectivity index (χ3n) is 5.52. The van der Waals surface area contributed by atoms with Gasteiger partial charge in [-0.25, -0.2) is 0 Å². The number of fused-ring (bicyclic) bond motifs is 2. The quantitative estimate of drug-likeness (QED) is 0.800. The van der Waals surface area contributed by atoms with Crippen molar-refractivity contribution in [3.8, 4) is 0 Å². The molecule has 2 aromatic rings. The molecule has 31 heavy (non-hydrogen) atoms. The van der Waals surface area contributed by atoms with Crippen LogP contribution >= 0.6 is 11.8 Å². The summed E-state index contributed by atoms with van der Waals surface area (Å²) in [6.45, 7) is 7.54. The lowest BCUT2D eigenvalue weighted by molar-refractivity contribution is -0.145. The summed E-state index contributed by atoms with van der Waals surface area (Å²) < 4.78 is 0. The summed E-state index contributed by atoms with van der Waals surface area (Å²) in [5.41, 5.74) is 2.12. The number of carbonyl (C=O) groups excluding carboxylic acids is 3. The molecule has 0 saturated carbocycles. The number of hydrogen-bond donors (Lipinski definition) is 1. The van der Waals surface area contributed by atoms with E-state index in [1.807, 2.05) is 75.4 Å². The number of thioether (sulfide) groups is 1. The second-order valence-corrected chi connectivity index (χ2v) is 10.2. The van der Waals surface area contributed by atoms with E-state index in [0.717, 1.165) is 16.8 Å². The van der Waals surface area contributed by atoms with Crippen molar-refractivity contribution < 1.29 is 14.4 Å². The molecule has 0 aromatic heterocycles. The molecule has 3 amide bonds. The third-order valence-corrected chi connectivity index (χ3v) is 7.01. The van der Waals surface area contributed by atoms with Crippen molar-refractivity contribution in [1.82, 2.24) is 10.2 Å². The minimum absolute atomic E-state index is 0.177. The van der Waals surface area contributed by atoms with Crippen LogP contribution in [0.3, 0.4) is 0 Å². The first-order valence-corrected chi connectivity index (χ1v) is 11.3. The maximum Gasteiger partial charge on any atom is 0.268 e. The molecule has 0 unspecified atom stereocenters. The van der Waals surface area contributed by atoms with E-state index in [2.05, 4.69) is 5.32 Å². The van der Waals surface area contributed by atoms with Crippen molar-refractivity contribution in [2.75, 3.05) is 10.7 Å². The van der Waals surface area contributed by atoms with Gasteiger partial charge in [-0.2, -0.15) is 0 Å². The van der Waals surface area contributed by atoms with E-state index < -0.39 is 16.5 Å². The van der Waals surface area contributed by atoms with Crippen LogP contribution in [0.25, 0.3) is 0 Å². The molecule has 1 saturated heterocycles. The monoisotopic (exact) mass is 437 g/mol. The molecule has 6 nitrogen and oxygen atoms in total. The van der Waals surface area contributed by atoms with Crippen LogP contribution in [0.4, 0.5) is 5.69 Å². The highest BCUT2D eigenvalue weighted by Gasteiger charge is 2.62. The predicted molar refractivity (Wildman–Crippen MR) is 122 cm³/mol. The molecule has 1 N–H and O–H groups in total. The van der Waals surface area contributed by atoms with E-state index in [1.54, 1.807) is 4.90 Å². The Kier molecular flexibility index (Phi) is 5.33. The molecular weight excluding hydrogens is 410 g/mol. The van der Waals surface area contributed by atoms with Crippen LogP contribution in [0, 0.1) is 0 Å². The Bertz CT molecular complexity index is 1030. The predicted octanol–water partition coefficient (Wildman–Crippen LogP) is 3.26. The summed E-state index contributed by atoms with van der Waals surface area (Å²) in [5.74, 6) is -0.341. The zero-order valence-corrected chi connectivity index (χ0v) is 19.0. The normalized spacial score (nSPS) is 22.7. The van der Waals surface area contributed by atoms with E-state index in [4.69, 9.17) is 0 Å². The van der Waals surface area contributed by atoms with Crippen molar-refractivity contribution in [2.45, 2.75) is 50.7 Å². The Hall–Kier alpha value is -2.80. The second-order valence-electron chi connectivity index (χ2n) is 8.99. The molecule has 2 heterocycles. The number of carbonyl (C=O) groups is 3. The molecule has 4 rings (SSSR count). The summed E-state index contributed by atoms with van der Waals surface area (Å²) in [7, 11) is 0. The first-order chi connectivity index (χ1) is 14.6. The summed E-state index contributed by atoms with van der Waals surface area (Å²) in [5, 5.41) is 2.97. The molecule has 2 aliphatic rings. The van der Waals surface area contributed by atoms with Crippen LogP contribution in [0.15, 0.2) is 54.6 Å².